The standard InChI is InChI=1S/C30H28FNO2/c1-19-7-6-10-25-28(19)30(34)32(18-21-8-4-3-5-9-21)29(25)24-15-16-27(31)26(17-24)23-13-11-22(12-14-23)20(2)33/h3-6,8-17,19,25,28-29H,7,18H2,1-2H3/t19-,25+,28+,29+/m1/s1. The molecule has 0 bridgehead atoms. The largest absolute Gasteiger partial charge is 0.330 e. The second kappa shape index (κ2) is 9.02. The van der Waals surface area contributed by atoms with Crippen LogP contribution in [-0.4, -0.2) is 16.6 Å². The summed E-state index contributed by atoms with van der Waals surface area (Å²) in [7, 11) is 0. The number of hydrogen-bond acceptors (Lipinski definition) is 2. The van der Waals surface area contributed by atoms with Gasteiger partial charge in [-0.25, -0.2) is 4.39 Å². The molecule has 2 aliphatic rings. The van der Waals surface area contributed by atoms with Crippen molar-refractivity contribution in [3.63, 3.8) is 0 Å². The van der Waals surface area contributed by atoms with Gasteiger partial charge in [-0.3, -0.25) is 9.59 Å². The van der Waals surface area contributed by atoms with E-state index in [-0.39, 0.29) is 41.3 Å². The van der Waals surface area contributed by atoms with Crippen molar-refractivity contribution in [2.45, 2.75) is 32.9 Å². The summed E-state index contributed by atoms with van der Waals surface area (Å²) in [5.74, 6) is 0.0889. The molecule has 0 N–H and O–H groups in total. The van der Waals surface area contributed by atoms with Crippen LogP contribution in [0.3, 0.4) is 0 Å². The number of fused-ring (bicyclic) bond motifs is 1. The maximum absolute atomic E-state index is 15.0. The third-order valence-corrected chi connectivity index (χ3v) is 7.29. The normalized spacial score (nSPS) is 23.7. The third kappa shape index (κ3) is 3.98. The van der Waals surface area contributed by atoms with E-state index in [0.717, 1.165) is 17.5 Å². The van der Waals surface area contributed by atoms with Crippen molar-refractivity contribution < 1.29 is 14.0 Å². The fourth-order valence-electron chi connectivity index (χ4n) is 5.53. The van der Waals surface area contributed by atoms with Crippen LogP contribution in [0.5, 0.6) is 0 Å². The van der Waals surface area contributed by atoms with Crippen LogP contribution in [0.4, 0.5) is 4.39 Å². The molecule has 5 rings (SSSR count). The molecule has 3 aromatic carbocycles. The maximum Gasteiger partial charge on any atom is 0.227 e. The molecule has 4 heteroatoms. The van der Waals surface area contributed by atoms with E-state index in [4.69, 9.17) is 0 Å². The molecule has 1 aliphatic heterocycles. The third-order valence-electron chi connectivity index (χ3n) is 7.29. The van der Waals surface area contributed by atoms with E-state index in [9.17, 15) is 14.0 Å². The molecule has 3 aromatic rings. The Morgan fingerprint density at radius 3 is 2.47 bits per heavy atom. The van der Waals surface area contributed by atoms with Gasteiger partial charge in [-0.15, -0.1) is 0 Å². The summed E-state index contributed by atoms with van der Waals surface area (Å²) in [6.07, 6.45) is 5.27. The fraction of sp³-hybridized carbons (Fsp3) is 0.267. The Labute approximate surface area is 199 Å². The molecular formula is C30H28FNO2. The molecule has 3 nitrogen and oxygen atoms in total. The van der Waals surface area contributed by atoms with Gasteiger partial charge < -0.3 is 4.90 Å². The van der Waals surface area contributed by atoms with Crippen LogP contribution in [0, 0.1) is 23.6 Å². The first-order valence-electron chi connectivity index (χ1n) is 11.9. The van der Waals surface area contributed by atoms with Crippen LogP contribution in [-0.2, 0) is 11.3 Å². The summed E-state index contributed by atoms with van der Waals surface area (Å²) in [6.45, 7) is 4.19. The Kier molecular flexibility index (Phi) is 5.91. The minimum Gasteiger partial charge on any atom is -0.330 e. The number of likely N-dealkylation sites (tertiary alicyclic amines) is 1. The number of ketones is 1. The monoisotopic (exact) mass is 453 g/mol. The zero-order chi connectivity index (χ0) is 23.8. The molecule has 1 heterocycles. The number of nitrogens with zero attached hydrogens (tertiary/aromatic N) is 1. The second-order valence-electron chi connectivity index (χ2n) is 9.51. The summed E-state index contributed by atoms with van der Waals surface area (Å²) in [5.41, 5.74) is 3.81. The van der Waals surface area contributed by atoms with E-state index in [1.165, 1.54) is 13.0 Å². The van der Waals surface area contributed by atoms with E-state index < -0.39 is 0 Å². The number of rotatable bonds is 5. The highest BCUT2D eigenvalue weighted by molar-refractivity contribution is 5.94. The lowest BCUT2D eigenvalue weighted by molar-refractivity contribution is -0.134. The summed E-state index contributed by atoms with van der Waals surface area (Å²) in [4.78, 5) is 27.3. The van der Waals surface area contributed by atoms with Crippen LogP contribution in [0.1, 0.15) is 47.8 Å². The molecule has 0 saturated carbocycles. The van der Waals surface area contributed by atoms with Crippen molar-refractivity contribution >= 4 is 11.7 Å². The zero-order valence-corrected chi connectivity index (χ0v) is 19.4. The SMILES string of the molecule is CC(=O)c1ccc(-c2cc([C@H]3[C@H]4C=CC[C@@H](C)[C@@H]4C(=O)N3Cc3ccccc3)ccc2F)cc1. The number of carbonyl (C=O) groups is 2. The first-order valence-corrected chi connectivity index (χ1v) is 11.9. The molecular weight excluding hydrogens is 425 g/mol. The Hall–Kier alpha value is -3.53. The smallest absolute Gasteiger partial charge is 0.227 e. The Morgan fingerprint density at radius 2 is 1.76 bits per heavy atom. The fourth-order valence-corrected chi connectivity index (χ4v) is 5.53. The summed E-state index contributed by atoms with van der Waals surface area (Å²) in [6, 6.07) is 22.1. The number of halogens is 1. The molecule has 172 valence electrons. The van der Waals surface area contributed by atoms with Crippen LogP contribution in [0.15, 0.2) is 84.9 Å². The van der Waals surface area contributed by atoms with Gasteiger partial charge in [-0.2, -0.15) is 0 Å². The molecule has 0 spiro atoms. The molecule has 34 heavy (non-hydrogen) atoms. The van der Waals surface area contributed by atoms with Gasteiger partial charge in [0.05, 0.1) is 6.04 Å². The van der Waals surface area contributed by atoms with Gasteiger partial charge in [-0.1, -0.05) is 79.7 Å². The number of allylic oxidation sites excluding steroid dienone is 1. The Balaban J connectivity index is 1.57. The van der Waals surface area contributed by atoms with E-state index in [0.29, 0.717) is 23.2 Å². The lowest BCUT2D eigenvalue weighted by atomic mass is 9.75. The Morgan fingerprint density at radius 1 is 1.03 bits per heavy atom. The van der Waals surface area contributed by atoms with Crippen molar-refractivity contribution in [2.75, 3.05) is 0 Å². The van der Waals surface area contributed by atoms with Gasteiger partial charge >= 0.3 is 0 Å². The second-order valence-corrected chi connectivity index (χ2v) is 9.51. The van der Waals surface area contributed by atoms with Crippen molar-refractivity contribution in [2.24, 2.45) is 17.8 Å². The first-order chi connectivity index (χ1) is 16.4. The first kappa shape index (κ1) is 22.3. The molecule has 1 saturated heterocycles. The summed E-state index contributed by atoms with van der Waals surface area (Å²) in [5, 5.41) is 0. The van der Waals surface area contributed by atoms with Gasteiger partial charge in [-0.05, 0) is 48.1 Å². The lowest BCUT2D eigenvalue weighted by Crippen LogP contribution is -2.30. The quantitative estimate of drug-likeness (QED) is 0.322. The van der Waals surface area contributed by atoms with Crippen molar-refractivity contribution in [1.82, 2.24) is 4.90 Å². The maximum atomic E-state index is 15.0. The molecule has 0 aromatic heterocycles. The minimum absolute atomic E-state index is 0.0222. The van der Waals surface area contributed by atoms with E-state index in [1.807, 2.05) is 47.4 Å². The lowest BCUT2D eigenvalue weighted by Gasteiger charge is -2.30. The summed E-state index contributed by atoms with van der Waals surface area (Å²) >= 11 is 0. The molecule has 0 unspecified atom stereocenters. The number of amides is 1. The average molecular weight is 454 g/mol. The topological polar surface area (TPSA) is 37.4 Å². The van der Waals surface area contributed by atoms with Crippen LogP contribution >= 0.6 is 0 Å². The minimum atomic E-state index is -0.317. The van der Waals surface area contributed by atoms with Crippen LogP contribution < -0.4 is 0 Å². The van der Waals surface area contributed by atoms with Crippen LogP contribution in [0.2, 0.25) is 0 Å². The van der Waals surface area contributed by atoms with Crippen molar-refractivity contribution in [3.8, 4) is 11.1 Å². The highest BCUT2D eigenvalue weighted by Gasteiger charge is 2.50. The highest BCUT2D eigenvalue weighted by atomic mass is 19.1. The molecule has 4 atom stereocenters. The summed E-state index contributed by atoms with van der Waals surface area (Å²) < 4.78 is 15.0. The molecule has 1 amide bonds. The Bertz CT molecular complexity index is 1250. The highest BCUT2D eigenvalue weighted by Crippen LogP contribution is 2.49. The van der Waals surface area contributed by atoms with Gasteiger partial charge in [0.1, 0.15) is 5.82 Å². The number of carbonyl (C=O) groups excluding carboxylic acids is 2. The number of hydrogen-bond donors (Lipinski definition) is 0. The van der Waals surface area contributed by atoms with Crippen LogP contribution in [0.25, 0.3) is 11.1 Å². The molecule has 1 fully saturated rings. The van der Waals surface area contributed by atoms with Gasteiger partial charge in [0.25, 0.3) is 0 Å². The predicted molar refractivity (Wildman–Crippen MR) is 131 cm³/mol. The van der Waals surface area contributed by atoms with E-state index in [2.05, 4.69) is 19.1 Å². The predicted octanol–water partition coefficient (Wildman–Crippen LogP) is 6.61. The van der Waals surface area contributed by atoms with Gasteiger partial charge in [0.15, 0.2) is 5.78 Å². The van der Waals surface area contributed by atoms with E-state index >= 15 is 0 Å². The zero-order valence-electron chi connectivity index (χ0n) is 19.4. The van der Waals surface area contributed by atoms with Gasteiger partial charge in [0.2, 0.25) is 5.91 Å². The number of benzene rings is 3. The molecule has 1 aliphatic carbocycles. The van der Waals surface area contributed by atoms with Gasteiger partial charge in [0, 0.05) is 29.5 Å². The molecule has 0 radical (unpaired) electrons. The average Bonchev–Trinajstić information content (AvgIpc) is 3.12. The number of Topliss-reactive ketones (excluding diaryl/α,β-unsaturated/α-hetero) is 1. The van der Waals surface area contributed by atoms with E-state index in [1.54, 1.807) is 24.3 Å². The van der Waals surface area contributed by atoms with Crippen molar-refractivity contribution in [1.29, 1.82) is 0 Å². The van der Waals surface area contributed by atoms with Crippen molar-refractivity contribution in [3.05, 3.63) is 107 Å².